The molecule has 1 aromatic rings. The van der Waals surface area contributed by atoms with Crippen LogP contribution in [0.1, 0.15) is 20.7 Å². The number of carbonyl (C=O) groups excluding carboxylic acids is 4. The second kappa shape index (κ2) is 10.4. The molecule has 0 atom stereocenters. The highest BCUT2D eigenvalue weighted by molar-refractivity contribution is 5.98. The molecule has 0 spiro atoms. The minimum Gasteiger partial charge on any atom is -0.366 e. The number of hydrogen-bond donors (Lipinski definition) is 3. The van der Waals surface area contributed by atoms with E-state index in [9.17, 15) is 19.2 Å². The van der Waals surface area contributed by atoms with Crippen LogP contribution in [0.5, 0.6) is 0 Å². The molecule has 138 valence electrons. The van der Waals surface area contributed by atoms with Gasteiger partial charge in [-0.05, 0) is 18.2 Å². The Labute approximate surface area is 150 Å². The largest absolute Gasteiger partial charge is 0.366 e. The summed E-state index contributed by atoms with van der Waals surface area (Å²) in [6.07, 6.45) is 4.82. The number of nitrogens with zero attached hydrogens (tertiary/aromatic N) is 2. The maximum absolute atomic E-state index is 12.7. The Morgan fingerprint density at radius 2 is 1.50 bits per heavy atom. The van der Waals surface area contributed by atoms with Gasteiger partial charge in [0.2, 0.25) is 17.7 Å². The monoisotopic (exact) mass is 359 g/mol. The lowest BCUT2D eigenvalue weighted by Gasteiger charge is -2.23. The Morgan fingerprint density at radius 3 is 1.96 bits per heavy atom. The molecule has 1 rings (SSSR count). The highest BCUT2D eigenvalue weighted by Crippen LogP contribution is 2.06. The van der Waals surface area contributed by atoms with E-state index in [0.29, 0.717) is 0 Å². The van der Waals surface area contributed by atoms with E-state index in [1.165, 1.54) is 23.4 Å². The quantitative estimate of drug-likeness (QED) is 0.471. The van der Waals surface area contributed by atoms with Crippen LogP contribution in [-0.4, -0.2) is 59.7 Å². The summed E-state index contributed by atoms with van der Waals surface area (Å²) >= 11 is 0. The Balaban J connectivity index is 2.84. The summed E-state index contributed by atoms with van der Waals surface area (Å²) < 4.78 is 0. The number of rotatable bonds is 10. The first-order valence-electron chi connectivity index (χ1n) is 7.73. The molecule has 26 heavy (non-hydrogen) atoms. The van der Waals surface area contributed by atoms with Crippen LogP contribution >= 0.6 is 0 Å². The van der Waals surface area contributed by atoms with Crippen LogP contribution in [0.3, 0.4) is 0 Å². The predicted octanol–water partition coefficient (Wildman–Crippen LogP) is -0.773. The summed E-state index contributed by atoms with van der Waals surface area (Å²) in [5, 5.41) is 5.13. The predicted molar refractivity (Wildman–Crippen MR) is 95.1 cm³/mol. The molecule has 0 aliphatic heterocycles. The van der Waals surface area contributed by atoms with Gasteiger partial charge in [0.05, 0.1) is 11.1 Å². The highest BCUT2D eigenvalue weighted by atomic mass is 16.2. The van der Waals surface area contributed by atoms with Crippen molar-refractivity contribution in [2.45, 2.75) is 0 Å². The molecular formula is C17H21N5O4. The molecular weight excluding hydrogens is 338 g/mol. The van der Waals surface area contributed by atoms with Gasteiger partial charge in [0, 0.05) is 38.6 Å². The fraction of sp³-hybridized carbons (Fsp3) is 0.235. The van der Waals surface area contributed by atoms with Crippen LogP contribution < -0.4 is 16.4 Å². The van der Waals surface area contributed by atoms with Crippen LogP contribution in [0.25, 0.3) is 0 Å². The molecule has 4 amide bonds. The van der Waals surface area contributed by atoms with Crippen molar-refractivity contribution < 1.29 is 19.2 Å². The van der Waals surface area contributed by atoms with E-state index in [1.807, 2.05) is 0 Å². The average Bonchev–Trinajstić information content (AvgIpc) is 2.65. The molecule has 0 saturated carbocycles. The molecule has 0 aromatic carbocycles. The normalized spacial score (nSPS) is 9.69. The summed E-state index contributed by atoms with van der Waals surface area (Å²) in [5.41, 5.74) is 5.48. The van der Waals surface area contributed by atoms with Crippen LogP contribution in [0.15, 0.2) is 43.8 Å². The van der Waals surface area contributed by atoms with Crippen molar-refractivity contribution in [1.82, 2.24) is 20.5 Å². The first-order chi connectivity index (χ1) is 12.4. The number of hydrogen-bond acceptors (Lipinski definition) is 5. The SMILES string of the molecule is C=CC(=O)NCCN(CCNC(=O)C=C)C(=O)c1cncc(C(N)=O)c1. The second-order valence-electron chi connectivity index (χ2n) is 5.11. The Hall–Kier alpha value is -3.49. The van der Waals surface area contributed by atoms with Gasteiger partial charge in [-0.15, -0.1) is 0 Å². The summed E-state index contributed by atoms with van der Waals surface area (Å²) in [4.78, 5) is 51.6. The molecule has 0 saturated heterocycles. The molecule has 0 bridgehead atoms. The first-order valence-corrected chi connectivity index (χ1v) is 7.73. The minimum atomic E-state index is -0.699. The van der Waals surface area contributed by atoms with E-state index in [2.05, 4.69) is 28.8 Å². The molecule has 1 aromatic heterocycles. The summed E-state index contributed by atoms with van der Waals surface area (Å²) in [5.74, 6) is -1.85. The lowest BCUT2D eigenvalue weighted by atomic mass is 10.1. The molecule has 0 aliphatic rings. The second-order valence-corrected chi connectivity index (χ2v) is 5.11. The third kappa shape index (κ3) is 6.56. The lowest BCUT2D eigenvalue weighted by molar-refractivity contribution is -0.117. The van der Waals surface area contributed by atoms with Crippen LogP contribution in [0, 0.1) is 0 Å². The molecule has 0 radical (unpaired) electrons. The average molecular weight is 359 g/mol. The van der Waals surface area contributed by atoms with E-state index >= 15 is 0 Å². The van der Waals surface area contributed by atoms with Crippen LogP contribution in [-0.2, 0) is 9.59 Å². The first kappa shape index (κ1) is 20.6. The molecule has 0 unspecified atom stereocenters. The number of primary amides is 1. The van der Waals surface area contributed by atoms with Gasteiger partial charge < -0.3 is 21.3 Å². The molecule has 4 N–H and O–H groups in total. The topological polar surface area (TPSA) is 134 Å². The number of nitrogens with two attached hydrogens (primary N) is 1. The van der Waals surface area contributed by atoms with Gasteiger partial charge in [0.1, 0.15) is 0 Å². The van der Waals surface area contributed by atoms with Gasteiger partial charge in [-0.3, -0.25) is 24.2 Å². The minimum absolute atomic E-state index is 0.107. The number of aromatic nitrogens is 1. The zero-order valence-electron chi connectivity index (χ0n) is 14.2. The van der Waals surface area contributed by atoms with Crippen molar-refractivity contribution in [1.29, 1.82) is 0 Å². The van der Waals surface area contributed by atoms with Crippen molar-refractivity contribution in [3.63, 3.8) is 0 Å². The van der Waals surface area contributed by atoms with E-state index in [4.69, 9.17) is 5.73 Å². The van der Waals surface area contributed by atoms with E-state index in [1.54, 1.807) is 0 Å². The zero-order valence-corrected chi connectivity index (χ0v) is 14.2. The molecule has 1 heterocycles. The molecule has 0 aliphatic carbocycles. The van der Waals surface area contributed by atoms with E-state index in [0.717, 1.165) is 12.2 Å². The van der Waals surface area contributed by atoms with E-state index in [-0.39, 0.29) is 49.1 Å². The fourth-order valence-corrected chi connectivity index (χ4v) is 1.96. The highest BCUT2D eigenvalue weighted by Gasteiger charge is 2.17. The number of carbonyl (C=O) groups is 4. The van der Waals surface area contributed by atoms with Crippen molar-refractivity contribution in [2.24, 2.45) is 5.73 Å². The number of amides is 4. The Bertz CT molecular complexity index is 691. The maximum Gasteiger partial charge on any atom is 0.255 e. The van der Waals surface area contributed by atoms with Crippen molar-refractivity contribution in [2.75, 3.05) is 26.2 Å². The van der Waals surface area contributed by atoms with Gasteiger partial charge in [-0.2, -0.15) is 0 Å². The van der Waals surface area contributed by atoms with Crippen molar-refractivity contribution >= 4 is 23.6 Å². The van der Waals surface area contributed by atoms with Gasteiger partial charge in [0.25, 0.3) is 5.91 Å². The van der Waals surface area contributed by atoms with Crippen molar-refractivity contribution in [3.8, 4) is 0 Å². The molecule has 9 nitrogen and oxygen atoms in total. The summed E-state index contributed by atoms with van der Waals surface area (Å²) in [7, 11) is 0. The molecule has 0 fully saturated rings. The van der Waals surface area contributed by atoms with Crippen molar-refractivity contribution in [3.05, 3.63) is 54.9 Å². The number of pyridine rings is 1. The van der Waals surface area contributed by atoms with Crippen LogP contribution in [0.4, 0.5) is 0 Å². The van der Waals surface area contributed by atoms with Gasteiger partial charge in [-0.1, -0.05) is 13.2 Å². The molecule has 9 heteroatoms. The van der Waals surface area contributed by atoms with Gasteiger partial charge in [0.15, 0.2) is 0 Å². The van der Waals surface area contributed by atoms with Crippen LogP contribution in [0.2, 0.25) is 0 Å². The fourth-order valence-electron chi connectivity index (χ4n) is 1.96. The lowest BCUT2D eigenvalue weighted by Crippen LogP contribution is -2.42. The summed E-state index contributed by atoms with van der Waals surface area (Å²) in [6.45, 7) is 7.43. The third-order valence-electron chi connectivity index (χ3n) is 3.29. The Kier molecular flexibility index (Phi) is 8.21. The number of nitrogens with one attached hydrogen (secondary N) is 2. The van der Waals surface area contributed by atoms with Gasteiger partial charge >= 0.3 is 0 Å². The summed E-state index contributed by atoms with van der Waals surface area (Å²) in [6, 6.07) is 1.34. The maximum atomic E-state index is 12.7. The van der Waals surface area contributed by atoms with E-state index < -0.39 is 11.8 Å². The smallest absolute Gasteiger partial charge is 0.255 e. The third-order valence-corrected chi connectivity index (χ3v) is 3.29. The zero-order chi connectivity index (χ0) is 19.5. The van der Waals surface area contributed by atoms with Gasteiger partial charge in [-0.25, -0.2) is 0 Å². The Morgan fingerprint density at radius 1 is 1.00 bits per heavy atom. The standard InChI is InChI=1S/C17H21N5O4/c1-3-14(23)20-5-7-22(8-6-21-15(24)4-2)17(26)13-9-12(16(18)25)10-19-11-13/h3-4,9-11H,1-2,5-8H2,(H2,18,25)(H,20,23)(H,21,24).